The van der Waals surface area contributed by atoms with Crippen LogP contribution in [0.15, 0.2) is 24.5 Å². The lowest BCUT2D eigenvalue weighted by Gasteiger charge is -2.36. The molecule has 1 atom stereocenters. The number of piperazine rings is 1. The van der Waals surface area contributed by atoms with Crippen molar-refractivity contribution < 1.29 is 0 Å². The van der Waals surface area contributed by atoms with Crippen LogP contribution in [0.3, 0.4) is 0 Å². The van der Waals surface area contributed by atoms with Crippen LogP contribution in [0.4, 0.5) is 0 Å². The molecule has 4 nitrogen and oxygen atoms in total. The van der Waals surface area contributed by atoms with Gasteiger partial charge in [0.25, 0.3) is 0 Å². The largest absolute Gasteiger partial charge is 0.303 e. The molecule has 3 rings (SSSR count). The molecule has 0 aromatic carbocycles. The van der Waals surface area contributed by atoms with E-state index >= 15 is 0 Å². The normalized spacial score (nSPS) is 23.3. The molecule has 90 valence electrons. The molecule has 0 bridgehead atoms. The minimum absolute atomic E-state index is 0.311. The Bertz CT molecular complexity index is 491. The summed E-state index contributed by atoms with van der Waals surface area (Å²) < 4.78 is 1.29. The Hall–Kier alpha value is -1.01. The van der Waals surface area contributed by atoms with E-state index in [1.165, 1.54) is 15.0 Å². The van der Waals surface area contributed by atoms with Crippen molar-refractivity contribution in [3.05, 3.63) is 29.4 Å². The van der Waals surface area contributed by atoms with E-state index in [0.717, 1.165) is 19.6 Å². The number of pyridine rings is 1. The molecule has 0 aliphatic carbocycles. The average molecular weight is 248 g/mol. The molecule has 5 heteroatoms. The summed E-state index contributed by atoms with van der Waals surface area (Å²) in [6.07, 6.45) is 3.76. The van der Waals surface area contributed by atoms with Crippen molar-refractivity contribution in [2.24, 2.45) is 5.84 Å². The van der Waals surface area contributed by atoms with Crippen molar-refractivity contribution >= 4 is 21.4 Å². The molecule has 0 radical (unpaired) electrons. The van der Waals surface area contributed by atoms with Gasteiger partial charge in [-0.05, 0) is 19.2 Å². The highest BCUT2D eigenvalue weighted by Crippen LogP contribution is 2.32. The minimum Gasteiger partial charge on any atom is -0.303 e. The summed E-state index contributed by atoms with van der Waals surface area (Å²) in [6, 6.07) is 4.60. The Kier molecular flexibility index (Phi) is 2.84. The van der Waals surface area contributed by atoms with Crippen LogP contribution in [0.1, 0.15) is 10.9 Å². The first-order valence-electron chi connectivity index (χ1n) is 5.77. The van der Waals surface area contributed by atoms with Gasteiger partial charge in [-0.1, -0.05) is 0 Å². The summed E-state index contributed by atoms with van der Waals surface area (Å²) >= 11 is 1.82. The molecule has 3 heterocycles. The van der Waals surface area contributed by atoms with Crippen molar-refractivity contribution in [3.8, 4) is 0 Å². The maximum absolute atomic E-state index is 6.09. The standard InChI is InChI=1S/C12H16N4S/c1-15-4-5-16(13)10(8-15)12-6-9-7-14-3-2-11(9)17-12/h2-3,6-7,10H,4-5,8,13H2,1H3. The average Bonchev–Trinajstić information content (AvgIpc) is 2.75. The predicted molar refractivity (Wildman–Crippen MR) is 70.8 cm³/mol. The monoisotopic (exact) mass is 248 g/mol. The van der Waals surface area contributed by atoms with Crippen molar-refractivity contribution in [3.63, 3.8) is 0 Å². The lowest BCUT2D eigenvalue weighted by molar-refractivity contribution is 0.0926. The topological polar surface area (TPSA) is 45.4 Å². The van der Waals surface area contributed by atoms with E-state index in [2.05, 4.69) is 29.1 Å². The number of thiophene rings is 1. The number of hydrogen-bond acceptors (Lipinski definition) is 5. The maximum Gasteiger partial charge on any atom is 0.0711 e. The number of aromatic nitrogens is 1. The third kappa shape index (κ3) is 2.07. The molecular formula is C12H16N4S. The lowest BCUT2D eigenvalue weighted by atomic mass is 10.1. The van der Waals surface area contributed by atoms with E-state index in [0.29, 0.717) is 6.04 Å². The van der Waals surface area contributed by atoms with E-state index in [-0.39, 0.29) is 0 Å². The van der Waals surface area contributed by atoms with E-state index < -0.39 is 0 Å². The number of hydrazine groups is 1. The Morgan fingerprint density at radius 1 is 1.47 bits per heavy atom. The summed E-state index contributed by atoms with van der Waals surface area (Å²) in [6.45, 7) is 2.96. The van der Waals surface area contributed by atoms with E-state index in [1.54, 1.807) is 0 Å². The van der Waals surface area contributed by atoms with Crippen LogP contribution in [-0.2, 0) is 0 Å². The second kappa shape index (κ2) is 4.34. The molecule has 0 spiro atoms. The predicted octanol–water partition coefficient (Wildman–Crippen LogP) is 1.46. The van der Waals surface area contributed by atoms with Crippen LogP contribution in [-0.4, -0.2) is 41.6 Å². The van der Waals surface area contributed by atoms with Crippen LogP contribution >= 0.6 is 11.3 Å². The molecule has 2 aromatic rings. The highest BCUT2D eigenvalue weighted by Gasteiger charge is 2.25. The van der Waals surface area contributed by atoms with Gasteiger partial charge in [0.05, 0.1) is 6.04 Å². The highest BCUT2D eigenvalue weighted by atomic mass is 32.1. The fourth-order valence-corrected chi connectivity index (χ4v) is 3.40. The Balaban J connectivity index is 1.96. The number of nitrogens with two attached hydrogens (primary N) is 1. The number of rotatable bonds is 1. The van der Waals surface area contributed by atoms with Gasteiger partial charge in [0, 0.05) is 47.0 Å². The van der Waals surface area contributed by atoms with E-state index in [1.807, 2.05) is 28.7 Å². The molecule has 2 aromatic heterocycles. The Labute approximate surface area is 105 Å². The number of likely N-dealkylation sites (N-methyl/N-ethyl adjacent to an activating group) is 1. The van der Waals surface area contributed by atoms with Gasteiger partial charge in [-0.2, -0.15) is 0 Å². The molecular weight excluding hydrogens is 232 g/mol. The van der Waals surface area contributed by atoms with Crippen molar-refractivity contribution in [1.82, 2.24) is 14.9 Å². The van der Waals surface area contributed by atoms with Gasteiger partial charge in [-0.25, -0.2) is 5.01 Å². The molecule has 1 aliphatic rings. The van der Waals surface area contributed by atoms with Gasteiger partial charge in [0.1, 0.15) is 0 Å². The molecule has 1 saturated heterocycles. The molecule has 1 fully saturated rings. The number of fused-ring (bicyclic) bond motifs is 1. The fraction of sp³-hybridized carbons (Fsp3) is 0.417. The van der Waals surface area contributed by atoms with Crippen molar-refractivity contribution in [1.29, 1.82) is 0 Å². The van der Waals surface area contributed by atoms with Gasteiger partial charge in [-0.15, -0.1) is 11.3 Å². The Morgan fingerprint density at radius 3 is 3.18 bits per heavy atom. The van der Waals surface area contributed by atoms with Gasteiger partial charge in [0.2, 0.25) is 0 Å². The maximum atomic E-state index is 6.09. The number of nitrogens with zero attached hydrogens (tertiary/aromatic N) is 3. The van der Waals surface area contributed by atoms with Gasteiger partial charge in [-0.3, -0.25) is 10.8 Å². The van der Waals surface area contributed by atoms with E-state index in [9.17, 15) is 0 Å². The molecule has 2 N–H and O–H groups in total. The summed E-state index contributed by atoms with van der Waals surface area (Å²) in [5, 5.41) is 3.17. The quantitative estimate of drug-likeness (QED) is 0.776. The zero-order valence-electron chi connectivity index (χ0n) is 9.84. The van der Waals surface area contributed by atoms with Crippen LogP contribution in [0, 0.1) is 0 Å². The summed E-state index contributed by atoms with van der Waals surface area (Å²) in [4.78, 5) is 7.82. The zero-order chi connectivity index (χ0) is 11.8. The first kappa shape index (κ1) is 11.1. The summed E-state index contributed by atoms with van der Waals surface area (Å²) in [7, 11) is 2.15. The molecule has 0 saturated carbocycles. The Morgan fingerprint density at radius 2 is 2.35 bits per heavy atom. The van der Waals surface area contributed by atoms with Gasteiger partial charge < -0.3 is 4.90 Å². The molecule has 1 aliphatic heterocycles. The first-order chi connectivity index (χ1) is 8.24. The molecule has 0 amide bonds. The molecule has 1 unspecified atom stereocenters. The van der Waals surface area contributed by atoms with E-state index in [4.69, 9.17) is 5.84 Å². The zero-order valence-corrected chi connectivity index (χ0v) is 10.7. The smallest absolute Gasteiger partial charge is 0.0711 e. The van der Waals surface area contributed by atoms with Crippen LogP contribution in [0.25, 0.3) is 10.1 Å². The van der Waals surface area contributed by atoms with Gasteiger partial charge >= 0.3 is 0 Å². The second-order valence-electron chi connectivity index (χ2n) is 4.58. The second-order valence-corrected chi connectivity index (χ2v) is 5.69. The summed E-state index contributed by atoms with van der Waals surface area (Å²) in [5.41, 5.74) is 0. The third-order valence-electron chi connectivity index (χ3n) is 3.29. The highest BCUT2D eigenvalue weighted by molar-refractivity contribution is 7.19. The minimum atomic E-state index is 0.311. The summed E-state index contributed by atoms with van der Waals surface area (Å²) in [5.74, 6) is 6.09. The van der Waals surface area contributed by atoms with Crippen LogP contribution < -0.4 is 5.84 Å². The van der Waals surface area contributed by atoms with Crippen LogP contribution in [0.2, 0.25) is 0 Å². The molecule has 17 heavy (non-hydrogen) atoms. The SMILES string of the molecule is CN1CCN(N)C(c2cc3cnccc3s2)C1. The number of hydrogen-bond donors (Lipinski definition) is 1. The van der Waals surface area contributed by atoms with Crippen LogP contribution in [0.5, 0.6) is 0 Å². The van der Waals surface area contributed by atoms with Crippen molar-refractivity contribution in [2.75, 3.05) is 26.7 Å². The van der Waals surface area contributed by atoms with Gasteiger partial charge in [0.15, 0.2) is 0 Å². The van der Waals surface area contributed by atoms with Crippen molar-refractivity contribution in [2.45, 2.75) is 6.04 Å². The third-order valence-corrected chi connectivity index (χ3v) is 4.51. The first-order valence-corrected chi connectivity index (χ1v) is 6.59. The lowest BCUT2D eigenvalue weighted by Crippen LogP contribution is -2.49. The fourth-order valence-electron chi connectivity index (χ4n) is 2.26.